The van der Waals surface area contributed by atoms with Gasteiger partial charge in [0.25, 0.3) is 0 Å². The van der Waals surface area contributed by atoms with Crippen molar-refractivity contribution in [3.63, 3.8) is 0 Å². The van der Waals surface area contributed by atoms with Crippen molar-refractivity contribution >= 4 is 5.91 Å². The molecule has 2 aromatic rings. The monoisotopic (exact) mass is 429 g/mol. The molecule has 0 saturated heterocycles. The Bertz CT molecular complexity index is 1100. The zero-order valence-electron chi connectivity index (χ0n) is 17.4. The van der Waals surface area contributed by atoms with Crippen molar-refractivity contribution in [2.24, 2.45) is 0 Å². The predicted octanol–water partition coefficient (Wildman–Crippen LogP) is 1.56. The Morgan fingerprint density at radius 3 is 2.48 bits per heavy atom. The summed E-state index contributed by atoms with van der Waals surface area (Å²) in [6.07, 6.45) is 0.947. The summed E-state index contributed by atoms with van der Waals surface area (Å²) in [5, 5.41) is 12.1. The second-order valence-corrected chi connectivity index (χ2v) is 7.08. The van der Waals surface area contributed by atoms with Gasteiger partial charge in [-0.05, 0) is 36.1 Å². The van der Waals surface area contributed by atoms with Gasteiger partial charge in [0.05, 0.1) is 27.4 Å². The fourth-order valence-corrected chi connectivity index (χ4v) is 4.20. The number of amides is 1. The van der Waals surface area contributed by atoms with Crippen molar-refractivity contribution in [1.82, 2.24) is 5.32 Å². The average molecular weight is 429 g/mol. The van der Waals surface area contributed by atoms with Crippen molar-refractivity contribution in [3.05, 3.63) is 39.5 Å². The van der Waals surface area contributed by atoms with Crippen molar-refractivity contribution in [2.45, 2.75) is 18.9 Å². The van der Waals surface area contributed by atoms with Crippen molar-refractivity contribution in [3.8, 4) is 39.9 Å². The van der Waals surface area contributed by atoms with Crippen LogP contribution < -0.4 is 34.4 Å². The molecule has 0 unspecified atom stereocenters. The van der Waals surface area contributed by atoms with Gasteiger partial charge in [-0.25, -0.2) is 0 Å². The van der Waals surface area contributed by atoms with Crippen molar-refractivity contribution < 1.29 is 33.6 Å². The Labute approximate surface area is 178 Å². The summed E-state index contributed by atoms with van der Waals surface area (Å²) < 4.78 is 27.9. The zero-order valence-corrected chi connectivity index (χ0v) is 17.4. The molecule has 9 heteroatoms. The number of hydrogen-bond donors (Lipinski definition) is 2. The van der Waals surface area contributed by atoms with Gasteiger partial charge in [0.15, 0.2) is 17.2 Å². The molecule has 0 aromatic heterocycles. The van der Waals surface area contributed by atoms with Crippen LogP contribution in [-0.4, -0.2) is 45.7 Å². The van der Waals surface area contributed by atoms with Crippen LogP contribution in [0.15, 0.2) is 23.0 Å². The first kappa shape index (κ1) is 20.8. The number of aliphatic hydroxyl groups excluding tert-OH is 1. The first-order valence-corrected chi connectivity index (χ1v) is 9.73. The highest BCUT2D eigenvalue weighted by Crippen LogP contribution is 2.57. The number of methoxy groups -OCH3 is 3. The molecule has 0 fully saturated rings. The number of ether oxygens (including phenoxy) is 5. The molecule has 164 valence electrons. The maximum atomic E-state index is 12.7. The number of fused-ring (bicyclic) bond motifs is 4. The molecular formula is C22H23NO8. The summed E-state index contributed by atoms with van der Waals surface area (Å²) in [7, 11) is 4.50. The topological polar surface area (TPSA) is 113 Å². The van der Waals surface area contributed by atoms with Gasteiger partial charge in [0.2, 0.25) is 29.6 Å². The highest BCUT2D eigenvalue weighted by Gasteiger charge is 2.35. The van der Waals surface area contributed by atoms with Crippen LogP contribution in [0.25, 0.3) is 11.1 Å². The first-order valence-electron chi connectivity index (χ1n) is 9.73. The number of rotatable bonds is 5. The minimum Gasteiger partial charge on any atom is -0.493 e. The quantitative estimate of drug-likeness (QED) is 0.737. The van der Waals surface area contributed by atoms with Gasteiger partial charge < -0.3 is 34.1 Å². The molecule has 0 radical (unpaired) electrons. The Hall–Kier alpha value is -3.46. The summed E-state index contributed by atoms with van der Waals surface area (Å²) >= 11 is 0. The largest absolute Gasteiger partial charge is 0.493 e. The van der Waals surface area contributed by atoms with Crippen LogP contribution in [0.1, 0.15) is 23.6 Å². The molecule has 0 bridgehead atoms. The smallest absolute Gasteiger partial charge is 0.246 e. The third-order valence-corrected chi connectivity index (χ3v) is 5.50. The molecule has 1 atom stereocenters. The number of benzene rings is 1. The summed E-state index contributed by atoms with van der Waals surface area (Å²) in [6, 6.07) is 4.25. The van der Waals surface area contributed by atoms with E-state index in [1.54, 1.807) is 19.2 Å². The van der Waals surface area contributed by atoms with Crippen molar-refractivity contribution in [1.29, 1.82) is 0 Å². The summed E-state index contributed by atoms with van der Waals surface area (Å²) in [4.78, 5) is 24.7. The lowest BCUT2D eigenvalue weighted by Gasteiger charge is -2.19. The lowest BCUT2D eigenvalue weighted by Crippen LogP contribution is -2.31. The van der Waals surface area contributed by atoms with Gasteiger partial charge in [-0.2, -0.15) is 0 Å². The predicted molar refractivity (Wildman–Crippen MR) is 110 cm³/mol. The van der Waals surface area contributed by atoms with Crippen LogP contribution in [0.3, 0.4) is 0 Å². The lowest BCUT2D eigenvalue weighted by atomic mass is 9.94. The van der Waals surface area contributed by atoms with E-state index in [9.17, 15) is 14.7 Å². The fourth-order valence-electron chi connectivity index (χ4n) is 4.20. The molecule has 4 rings (SSSR count). The Kier molecular flexibility index (Phi) is 5.60. The Morgan fingerprint density at radius 1 is 1.13 bits per heavy atom. The fraction of sp³-hybridized carbons (Fsp3) is 0.364. The van der Waals surface area contributed by atoms with Crippen LogP contribution in [0.5, 0.6) is 28.7 Å². The van der Waals surface area contributed by atoms with E-state index in [1.807, 2.05) is 0 Å². The van der Waals surface area contributed by atoms with Crippen LogP contribution >= 0.6 is 0 Å². The third-order valence-electron chi connectivity index (χ3n) is 5.50. The zero-order chi connectivity index (χ0) is 22.1. The molecule has 1 heterocycles. The molecule has 31 heavy (non-hydrogen) atoms. The standard InChI is InChI=1S/C22H23NO8/c1-27-16-7-5-11-13(8-15(16)25)14(23-17(26)9-24)6-4-12-18(11)20(29-3)22-21(19(12)28-2)30-10-31-22/h5,7-8,14,24H,4,6,9-10H2,1-3H3,(H,23,26)/t14-/m0/s1. The van der Waals surface area contributed by atoms with Gasteiger partial charge in [-0.3, -0.25) is 9.59 Å². The van der Waals surface area contributed by atoms with E-state index in [1.165, 1.54) is 20.3 Å². The van der Waals surface area contributed by atoms with Crippen LogP contribution in [0, 0.1) is 0 Å². The molecular weight excluding hydrogens is 406 g/mol. The van der Waals surface area contributed by atoms with Gasteiger partial charge in [0.1, 0.15) is 6.61 Å². The van der Waals surface area contributed by atoms with Gasteiger partial charge in [0, 0.05) is 11.1 Å². The van der Waals surface area contributed by atoms with E-state index in [0.717, 1.165) is 5.56 Å². The molecule has 1 aliphatic carbocycles. The molecule has 2 N–H and O–H groups in total. The Morgan fingerprint density at radius 2 is 1.84 bits per heavy atom. The summed E-state index contributed by atoms with van der Waals surface area (Å²) in [5.74, 6) is 1.47. The third kappa shape index (κ3) is 3.40. The lowest BCUT2D eigenvalue weighted by molar-refractivity contribution is -0.124. The van der Waals surface area contributed by atoms with E-state index in [2.05, 4.69) is 5.32 Å². The average Bonchev–Trinajstić information content (AvgIpc) is 3.13. The number of hydrogen-bond acceptors (Lipinski definition) is 8. The van der Waals surface area contributed by atoms with E-state index < -0.39 is 18.6 Å². The molecule has 1 amide bonds. The van der Waals surface area contributed by atoms with E-state index >= 15 is 0 Å². The minimum atomic E-state index is -0.659. The first-order chi connectivity index (χ1) is 15.0. The molecule has 0 spiro atoms. The number of nitrogens with one attached hydrogen (secondary N) is 1. The summed E-state index contributed by atoms with van der Waals surface area (Å²) in [5.41, 5.74) is 2.40. The van der Waals surface area contributed by atoms with Crippen molar-refractivity contribution in [2.75, 3.05) is 34.7 Å². The number of aliphatic hydroxyl groups is 1. The van der Waals surface area contributed by atoms with E-state index in [0.29, 0.717) is 52.5 Å². The summed E-state index contributed by atoms with van der Waals surface area (Å²) in [6.45, 7) is -0.623. The molecule has 9 nitrogen and oxygen atoms in total. The maximum absolute atomic E-state index is 12.7. The highest BCUT2D eigenvalue weighted by atomic mass is 16.7. The second kappa shape index (κ2) is 8.35. The van der Waals surface area contributed by atoms with E-state index in [4.69, 9.17) is 23.7 Å². The van der Waals surface area contributed by atoms with Gasteiger partial charge in [-0.15, -0.1) is 0 Å². The SMILES string of the molecule is COc1c2c(c(OC)c3c1OCO3)-c1ccc(OC)c(=O)cc1[C@@H](NC(=O)CO)CC2. The molecule has 1 aliphatic heterocycles. The number of carbonyl (C=O) groups excluding carboxylic acids is 1. The minimum absolute atomic E-state index is 0.0358. The molecule has 0 saturated carbocycles. The highest BCUT2D eigenvalue weighted by molar-refractivity contribution is 5.87. The van der Waals surface area contributed by atoms with Crippen LogP contribution in [0.2, 0.25) is 0 Å². The van der Waals surface area contributed by atoms with E-state index in [-0.39, 0.29) is 18.0 Å². The second-order valence-electron chi connectivity index (χ2n) is 7.08. The van der Waals surface area contributed by atoms with Crippen LogP contribution in [0.4, 0.5) is 0 Å². The maximum Gasteiger partial charge on any atom is 0.246 e. The number of carbonyl (C=O) groups is 1. The van der Waals surface area contributed by atoms with Crippen LogP contribution in [-0.2, 0) is 11.2 Å². The molecule has 2 aromatic carbocycles. The van der Waals surface area contributed by atoms with Gasteiger partial charge in [-0.1, -0.05) is 6.07 Å². The molecule has 2 aliphatic rings. The Balaban J connectivity index is 2.07. The normalized spacial score (nSPS) is 15.9. The van der Waals surface area contributed by atoms with Gasteiger partial charge >= 0.3 is 0 Å².